The first-order valence-electron chi connectivity index (χ1n) is 8.18. The van der Waals surface area contributed by atoms with Crippen molar-refractivity contribution in [3.63, 3.8) is 0 Å². The third kappa shape index (κ3) is 2.96. The number of thioether (sulfide) groups is 2. The SMILES string of the molecule is CCCCSCCSC1(C)c2ccccc2-c2ccccc21. The van der Waals surface area contributed by atoms with Gasteiger partial charge in [0.2, 0.25) is 0 Å². The maximum atomic E-state index is 2.40. The van der Waals surface area contributed by atoms with Crippen molar-refractivity contribution in [3.8, 4) is 11.1 Å². The zero-order valence-electron chi connectivity index (χ0n) is 13.5. The smallest absolute Gasteiger partial charge is 0.0641 e. The summed E-state index contributed by atoms with van der Waals surface area (Å²) in [5.41, 5.74) is 5.82. The van der Waals surface area contributed by atoms with E-state index in [0.29, 0.717) is 0 Å². The molecule has 22 heavy (non-hydrogen) atoms. The van der Waals surface area contributed by atoms with E-state index in [0.717, 1.165) is 0 Å². The van der Waals surface area contributed by atoms with Gasteiger partial charge in [-0.1, -0.05) is 61.9 Å². The summed E-state index contributed by atoms with van der Waals surface area (Å²) in [7, 11) is 0. The first-order chi connectivity index (χ1) is 10.8. The predicted molar refractivity (Wildman–Crippen MR) is 103 cm³/mol. The number of hydrogen-bond acceptors (Lipinski definition) is 2. The fourth-order valence-corrected chi connectivity index (χ4v) is 5.80. The molecule has 2 aromatic rings. The summed E-state index contributed by atoms with van der Waals surface area (Å²) in [5.74, 6) is 3.78. The zero-order chi connectivity index (χ0) is 15.4. The van der Waals surface area contributed by atoms with Crippen LogP contribution in [-0.4, -0.2) is 17.3 Å². The van der Waals surface area contributed by atoms with Crippen LogP contribution in [0, 0.1) is 0 Å². The highest BCUT2D eigenvalue weighted by Gasteiger charge is 2.38. The van der Waals surface area contributed by atoms with Gasteiger partial charge in [-0.3, -0.25) is 0 Å². The van der Waals surface area contributed by atoms with E-state index in [1.165, 1.54) is 52.4 Å². The lowest BCUT2D eigenvalue weighted by Gasteiger charge is -2.26. The van der Waals surface area contributed by atoms with Gasteiger partial charge >= 0.3 is 0 Å². The molecule has 1 aliphatic rings. The molecule has 0 aliphatic heterocycles. The first kappa shape index (κ1) is 16.0. The molecule has 0 bridgehead atoms. The third-order valence-corrected chi connectivity index (χ3v) is 7.19. The van der Waals surface area contributed by atoms with Crippen molar-refractivity contribution in [1.82, 2.24) is 0 Å². The Morgan fingerprint density at radius 3 is 2.00 bits per heavy atom. The second-order valence-electron chi connectivity index (χ2n) is 5.94. The van der Waals surface area contributed by atoms with E-state index in [1.54, 1.807) is 0 Å². The van der Waals surface area contributed by atoms with Crippen LogP contribution in [0.1, 0.15) is 37.8 Å². The van der Waals surface area contributed by atoms with Gasteiger partial charge in [0, 0.05) is 11.5 Å². The molecule has 0 N–H and O–H groups in total. The number of benzene rings is 2. The molecule has 3 rings (SSSR count). The van der Waals surface area contributed by atoms with Crippen LogP contribution in [0.15, 0.2) is 48.5 Å². The maximum absolute atomic E-state index is 2.40. The van der Waals surface area contributed by atoms with Crippen molar-refractivity contribution in [2.45, 2.75) is 31.4 Å². The molecule has 0 radical (unpaired) electrons. The van der Waals surface area contributed by atoms with Crippen molar-refractivity contribution in [2.24, 2.45) is 0 Å². The monoisotopic (exact) mass is 328 g/mol. The van der Waals surface area contributed by atoms with Gasteiger partial charge in [-0.25, -0.2) is 0 Å². The zero-order valence-corrected chi connectivity index (χ0v) is 15.1. The highest BCUT2D eigenvalue weighted by Crippen LogP contribution is 2.54. The first-order valence-corrected chi connectivity index (χ1v) is 10.3. The van der Waals surface area contributed by atoms with Gasteiger partial charge in [-0.15, -0.1) is 11.8 Å². The molecular formula is C20H24S2. The van der Waals surface area contributed by atoms with E-state index >= 15 is 0 Å². The summed E-state index contributed by atoms with van der Waals surface area (Å²) in [5, 5.41) is 0. The van der Waals surface area contributed by atoms with Crippen LogP contribution >= 0.6 is 23.5 Å². The Hall–Kier alpha value is -0.860. The summed E-state index contributed by atoms with van der Waals surface area (Å²) in [4.78, 5) is 0. The van der Waals surface area contributed by atoms with Gasteiger partial charge in [0.1, 0.15) is 0 Å². The number of fused-ring (bicyclic) bond motifs is 3. The highest BCUT2D eigenvalue weighted by atomic mass is 32.2. The Kier molecular flexibility index (Phi) is 5.20. The molecule has 0 nitrogen and oxygen atoms in total. The lowest BCUT2D eigenvalue weighted by molar-refractivity contribution is 0.868. The molecule has 0 aromatic heterocycles. The molecule has 2 heteroatoms. The fourth-order valence-electron chi connectivity index (χ4n) is 3.22. The van der Waals surface area contributed by atoms with Crippen LogP contribution in [0.3, 0.4) is 0 Å². The van der Waals surface area contributed by atoms with Crippen LogP contribution in [0.4, 0.5) is 0 Å². The normalized spacial score (nSPS) is 14.6. The molecule has 0 saturated carbocycles. The van der Waals surface area contributed by atoms with Gasteiger partial charge in [0.05, 0.1) is 4.75 Å². The van der Waals surface area contributed by atoms with Gasteiger partial charge in [-0.05, 0) is 41.4 Å². The van der Waals surface area contributed by atoms with E-state index in [2.05, 4.69) is 85.9 Å². The molecule has 116 valence electrons. The lowest BCUT2D eigenvalue weighted by Crippen LogP contribution is -2.17. The molecule has 0 saturated heterocycles. The number of hydrogen-bond donors (Lipinski definition) is 0. The summed E-state index contributed by atoms with van der Waals surface area (Å²) < 4.78 is 0.110. The van der Waals surface area contributed by atoms with Crippen molar-refractivity contribution in [1.29, 1.82) is 0 Å². The van der Waals surface area contributed by atoms with Crippen LogP contribution in [0.5, 0.6) is 0 Å². The second kappa shape index (κ2) is 7.14. The standard InChI is InChI=1S/C20H24S2/c1-3-4-13-21-14-15-22-20(2)18-11-7-5-9-16(18)17-10-6-8-12-19(17)20/h5-12H,3-4,13-15H2,1-2H3. The molecule has 1 aliphatic carbocycles. The van der Waals surface area contributed by atoms with Crippen molar-refractivity contribution in [3.05, 3.63) is 59.7 Å². The average molecular weight is 329 g/mol. The number of unbranched alkanes of at least 4 members (excludes halogenated alkanes) is 1. The van der Waals surface area contributed by atoms with Gasteiger partial charge in [0.25, 0.3) is 0 Å². The van der Waals surface area contributed by atoms with E-state index in [4.69, 9.17) is 0 Å². The Morgan fingerprint density at radius 1 is 0.818 bits per heavy atom. The molecule has 0 amide bonds. The van der Waals surface area contributed by atoms with E-state index < -0.39 is 0 Å². The van der Waals surface area contributed by atoms with E-state index in [1.807, 2.05) is 0 Å². The topological polar surface area (TPSA) is 0 Å². The van der Waals surface area contributed by atoms with E-state index in [-0.39, 0.29) is 4.75 Å². The largest absolute Gasteiger partial charge is 0.161 e. The Labute approximate surface area is 143 Å². The van der Waals surface area contributed by atoms with Gasteiger partial charge in [-0.2, -0.15) is 11.8 Å². The Bertz CT molecular complexity index is 588. The van der Waals surface area contributed by atoms with Crippen LogP contribution < -0.4 is 0 Å². The summed E-state index contributed by atoms with van der Waals surface area (Å²) >= 11 is 4.21. The molecule has 0 fully saturated rings. The molecule has 0 spiro atoms. The highest BCUT2D eigenvalue weighted by molar-refractivity contribution is 8.03. The molecule has 0 heterocycles. The van der Waals surface area contributed by atoms with Crippen molar-refractivity contribution < 1.29 is 0 Å². The van der Waals surface area contributed by atoms with Gasteiger partial charge in [0.15, 0.2) is 0 Å². The van der Waals surface area contributed by atoms with Crippen molar-refractivity contribution in [2.75, 3.05) is 17.3 Å². The van der Waals surface area contributed by atoms with E-state index in [9.17, 15) is 0 Å². The quantitative estimate of drug-likeness (QED) is 0.555. The summed E-state index contributed by atoms with van der Waals surface area (Å²) in [6, 6.07) is 17.9. The minimum Gasteiger partial charge on any atom is -0.161 e. The molecule has 0 atom stereocenters. The van der Waals surface area contributed by atoms with Gasteiger partial charge < -0.3 is 0 Å². The Morgan fingerprint density at radius 2 is 1.41 bits per heavy atom. The van der Waals surface area contributed by atoms with Crippen LogP contribution in [0.2, 0.25) is 0 Å². The van der Waals surface area contributed by atoms with Crippen LogP contribution in [0.25, 0.3) is 11.1 Å². The van der Waals surface area contributed by atoms with Crippen molar-refractivity contribution >= 4 is 23.5 Å². The molecule has 0 unspecified atom stereocenters. The second-order valence-corrected chi connectivity index (χ2v) is 8.68. The number of rotatable bonds is 7. The molecular weight excluding hydrogens is 304 g/mol. The maximum Gasteiger partial charge on any atom is 0.0641 e. The predicted octanol–water partition coefficient (Wildman–Crippen LogP) is 6.20. The average Bonchev–Trinajstić information content (AvgIpc) is 2.82. The molecule has 2 aromatic carbocycles. The third-order valence-electron chi connectivity index (χ3n) is 4.43. The minimum atomic E-state index is 0.110. The summed E-state index contributed by atoms with van der Waals surface area (Å²) in [6.07, 6.45) is 2.65. The lowest BCUT2D eigenvalue weighted by atomic mass is 9.98. The van der Waals surface area contributed by atoms with Crippen LogP contribution in [-0.2, 0) is 4.75 Å². The summed E-state index contributed by atoms with van der Waals surface area (Å²) in [6.45, 7) is 4.67. The fraction of sp³-hybridized carbons (Fsp3) is 0.400. The minimum absolute atomic E-state index is 0.110. The Balaban J connectivity index is 1.77.